The minimum atomic E-state index is -0.827. The second-order valence-electron chi connectivity index (χ2n) is 7.65. The van der Waals surface area contributed by atoms with Gasteiger partial charge in [0.25, 0.3) is 0 Å². The van der Waals surface area contributed by atoms with Gasteiger partial charge in [-0.3, -0.25) is 4.79 Å². The van der Waals surface area contributed by atoms with Gasteiger partial charge in [-0.05, 0) is 23.3 Å². The van der Waals surface area contributed by atoms with Crippen molar-refractivity contribution < 1.29 is 23.8 Å². The van der Waals surface area contributed by atoms with E-state index in [4.69, 9.17) is 14.2 Å². The van der Waals surface area contributed by atoms with Crippen LogP contribution in [-0.4, -0.2) is 31.3 Å². The van der Waals surface area contributed by atoms with E-state index in [1.165, 1.54) is 0 Å². The van der Waals surface area contributed by atoms with Crippen LogP contribution in [0.4, 0.5) is 10.5 Å². The summed E-state index contributed by atoms with van der Waals surface area (Å²) in [7, 11) is 0. The second-order valence-corrected chi connectivity index (χ2v) is 7.65. The number of amides is 2. The Labute approximate surface area is 192 Å². The van der Waals surface area contributed by atoms with Crippen molar-refractivity contribution in [2.75, 3.05) is 18.5 Å². The van der Waals surface area contributed by atoms with Crippen LogP contribution in [-0.2, 0) is 22.6 Å². The van der Waals surface area contributed by atoms with Crippen molar-refractivity contribution in [1.82, 2.24) is 5.32 Å². The fourth-order valence-electron chi connectivity index (χ4n) is 3.44. The van der Waals surface area contributed by atoms with Crippen molar-refractivity contribution in [3.05, 3.63) is 90.0 Å². The zero-order chi connectivity index (χ0) is 22.9. The fraction of sp³-hybridized carbons (Fsp3) is 0.231. The first-order valence-electron chi connectivity index (χ1n) is 10.9. The number of anilines is 1. The SMILES string of the molecule is O=C(N[C@@H](Cc1ccccc1)C(=O)Nc1ccc2c(c1)OCCCO2)OCc1ccccc1. The first kappa shape index (κ1) is 22.2. The maximum Gasteiger partial charge on any atom is 0.408 e. The van der Waals surface area contributed by atoms with E-state index < -0.39 is 12.1 Å². The smallest absolute Gasteiger partial charge is 0.408 e. The first-order valence-corrected chi connectivity index (χ1v) is 10.9. The predicted molar refractivity (Wildman–Crippen MR) is 124 cm³/mol. The highest BCUT2D eigenvalue weighted by Crippen LogP contribution is 2.32. The molecule has 3 aromatic rings. The van der Waals surface area contributed by atoms with E-state index in [1.54, 1.807) is 18.2 Å². The van der Waals surface area contributed by atoms with Crippen LogP contribution in [0.3, 0.4) is 0 Å². The molecule has 0 spiro atoms. The lowest BCUT2D eigenvalue weighted by Gasteiger charge is -2.19. The lowest BCUT2D eigenvalue weighted by atomic mass is 10.1. The van der Waals surface area contributed by atoms with Crippen LogP contribution in [0, 0.1) is 0 Å². The van der Waals surface area contributed by atoms with Gasteiger partial charge in [-0.2, -0.15) is 0 Å². The molecule has 4 rings (SSSR count). The van der Waals surface area contributed by atoms with E-state index in [1.807, 2.05) is 60.7 Å². The number of hydrogen-bond acceptors (Lipinski definition) is 5. The molecule has 3 aromatic carbocycles. The van der Waals surface area contributed by atoms with Crippen LogP contribution in [0.5, 0.6) is 11.5 Å². The molecular formula is C26H26N2O5. The molecule has 170 valence electrons. The summed E-state index contributed by atoms with van der Waals surface area (Å²) in [4.78, 5) is 25.6. The van der Waals surface area contributed by atoms with Crippen LogP contribution < -0.4 is 20.1 Å². The van der Waals surface area contributed by atoms with Crippen molar-refractivity contribution in [3.63, 3.8) is 0 Å². The Bertz CT molecular complexity index is 1070. The number of ether oxygens (including phenoxy) is 3. The van der Waals surface area contributed by atoms with E-state index in [0.717, 1.165) is 17.5 Å². The minimum absolute atomic E-state index is 0.120. The molecule has 0 bridgehead atoms. The summed E-state index contributed by atoms with van der Waals surface area (Å²) in [6.07, 6.45) is 0.455. The van der Waals surface area contributed by atoms with Crippen molar-refractivity contribution >= 4 is 17.7 Å². The number of rotatable bonds is 7. The summed E-state index contributed by atoms with van der Waals surface area (Å²) in [5, 5.41) is 5.57. The molecule has 0 unspecified atom stereocenters. The molecule has 1 atom stereocenters. The zero-order valence-corrected chi connectivity index (χ0v) is 18.2. The minimum Gasteiger partial charge on any atom is -0.490 e. The topological polar surface area (TPSA) is 85.9 Å². The van der Waals surface area contributed by atoms with Gasteiger partial charge in [0.05, 0.1) is 13.2 Å². The summed E-state index contributed by atoms with van der Waals surface area (Å²) in [6, 6.07) is 23.3. The highest BCUT2D eigenvalue weighted by molar-refractivity contribution is 5.97. The number of hydrogen-bond donors (Lipinski definition) is 2. The highest BCUT2D eigenvalue weighted by atomic mass is 16.5. The number of nitrogens with one attached hydrogen (secondary N) is 2. The van der Waals surface area contributed by atoms with Crippen LogP contribution in [0.15, 0.2) is 78.9 Å². The van der Waals surface area contributed by atoms with Gasteiger partial charge in [0, 0.05) is 24.6 Å². The van der Waals surface area contributed by atoms with E-state index in [0.29, 0.717) is 36.8 Å². The number of alkyl carbamates (subject to hydrolysis) is 1. The van der Waals surface area contributed by atoms with Gasteiger partial charge in [-0.1, -0.05) is 60.7 Å². The van der Waals surface area contributed by atoms with Gasteiger partial charge in [0.1, 0.15) is 12.6 Å². The Morgan fingerprint density at radius 3 is 2.24 bits per heavy atom. The lowest BCUT2D eigenvalue weighted by molar-refractivity contribution is -0.118. The molecule has 7 heteroatoms. The third kappa shape index (κ3) is 6.49. The lowest BCUT2D eigenvalue weighted by Crippen LogP contribution is -2.45. The molecule has 0 saturated carbocycles. The van der Waals surface area contributed by atoms with E-state index >= 15 is 0 Å². The Morgan fingerprint density at radius 2 is 1.52 bits per heavy atom. The van der Waals surface area contributed by atoms with Gasteiger partial charge in [-0.15, -0.1) is 0 Å². The molecule has 1 aliphatic rings. The molecule has 0 radical (unpaired) electrons. The average molecular weight is 447 g/mol. The van der Waals surface area contributed by atoms with E-state index in [2.05, 4.69) is 10.6 Å². The summed E-state index contributed by atoms with van der Waals surface area (Å²) in [5.41, 5.74) is 2.34. The number of carbonyl (C=O) groups excluding carboxylic acids is 2. The van der Waals surface area contributed by atoms with Crippen LogP contribution in [0.2, 0.25) is 0 Å². The van der Waals surface area contributed by atoms with Gasteiger partial charge in [0.15, 0.2) is 11.5 Å². The molecule has 2 amide bonds. The maximum absolute atomic E-state index is 13.1. The standard InChI is InChI=1S/C26H26N2O5/c29-25(27-21-12-13-23-24(17-21)32-15-7-14-31-23)22(16-19-8-3-1-4-9-19)28-26(30)33-18-20-10-5-2-6-11-20/h1-6,8-13,17,22H,7,14-16,18H2,(H,27,29)(H,28,30)/t22-/m0/s1. The van der Waals surface area contributed by atoms with Gasteiger partial charge < -0.3 is 24.8 Å². The fourth-order valence-corrected chi connectivity index (χ4v) is 3.44. The molecule has 0 fully saturated rings. The molecule has 7 nitrogen and oxygen atoms in total. The van der Waals surface area contributed by atoms with Crippen molar-refractivity contribution in [3.8, 4) is 11.5 Å². The summed E-state index contributed by atoms with van der Waals surface area (Å²) in [6.45, 7) is 1.26. The number of carbonyl (C=O) groups is 2. The number of fused-ring (bicyclic) bond motifs is 1. The van der Waals surface area contributed by atoms with E-state index in [9.17, 15) is 9.59 Å². The van der Waals surface area contributed by atoms with Crippen molar-refractivity contribution in [1.29, 1.82) is 0 Å². The molecule has 0 aliphatic carbocycles. The van der Waals surface area contributed by atoms with Crippen LogP contribution in [0.25, 0.3) is 0 Å². The molecule has 33 heavy (non-hydrogen) atoms. The van der Waals surface area contributed by atoms with E-state index in [-0.39, 0.29) is 12.5 Å². The summed E-state index contributed by atoms with van der Waals surface area (Å²) >= 11 is 0. The van der Waals surface area contributed by atoms with Crippen molar-refractivity contribution in [2.45, 2.75) is 25.5 Å². The number of benzene rings is 3. The largest absolute Gasteiger partial charge is 0.490 e. The Morgan fingerprint density at radius 1 is 0.848 bits per heavy atom. The molecule has 0 aromatic heterocycles. The third-order valence-electron chi connectivity index (χ3n) is 5.12. The van der Waals surface area contributed by atoms with Gasteiger partial charge in [0.2, 0.25) is 5.91 Å². The van der Waals surface area contributed by atoms with Gasteiger partial charge in [-0.25, -0.2) is 4.79 Å². The average Bonchev–Trinajstić information content (AvgIpc) is 3.09. The molecule has 2 N–H and O–H groups in total. The monoisotopic (exact) mass is 446 g/mol. The maximum atomic E-state index is 13.1. The summed E-state index contributed by atoms with van der Waals surface area (Å²) in [5.74, 6) is 0.874. The van der Waals surface area contributed by atoms with Crippen LogP contribution in [0.1, 0.15) is 17.5 Å². The highest BCUT2D eigenvalue weighted by Gasteiger charge is 2.23. The molecular weight excluding hydrogens is 420 g/mol. The van der Waals surface area contributed by atoms with Crippen molar-refractivity contribution in [2.24, 2.45) is 0 Å². The quantitative estimate of drug-likeness (QED) is 0.564. The molecule has 1 aliphatic heterocycles. The summed E-state index contributed by atoms with van der Waals surface area (Å²) < 4.78 is 16.7. The Balaban J connectivity index is 1.43. The predicted octanol–water partition coefficient (Wildman–Crippen LogP) is 4.32. The van der Waals surface area contributed by atoms with Crippen LogP contribution >= 0.6 is 0 Å². The Hall–Kier alpha value is -4.00. The van der Waals surface area contributed by atoms with Gasteiger partial charge >= 0.3 is 6.09 Å². The third-order valence-corrected chi connectivity index (χ3v) is 5.12. The zero-order valence-electron chi connectivity index (χ0n) is 18.2. The first-order chi connectivity index (χ1) is 16.2. The second kappa shape index (κ2) is 11.0. The molecule has 1 heterocycles. The molecule has 0 saturated heterocycles. The Kier molecular flexibility index (Phi) is 7.43. The normalized spacial score (nSPS) is 13.3.